The Morgan fingerprint density at radius 1 is 1.21 bits per heavy atom. The third-order valence-corrected chi connectivity index (χ3v) is 3.79. The van der Waals surface area contributed by atoms with Crippen molar-refractivity contribution in [1.82, 2.24) is 4.90 Å². The first-order valence-electron chi connectivity index (χ1n) is 6.63. The highest BCUT2D eigenvalue weighted by Crippen LogP contribution is 2.27. The Morgan fingerprint density at radius 2 is 1.95 bits per heavy atom. The van der Waals surface area contributed by atoms with Gasteiger partial charge in [0, 0.05) is 17.6 Å². The number of rotatable bonds is 5. The quantitative estimate of drug-likeness (QED) is 0.906. The fourth-order valence-electron chi connectivity index (χ4n) is 2.27. The number of hydrogen-bond acceptors (Lipinski definition) is 3. The van der Waals surface area contributed by atoms with Crippen LogP contribution >= 0.6 is 23.2 Å². The molecule has 19 heavy (non-hydrogen) atoms. The number of aliphatic hydroxyl groups excluding tert-OH is 1. The molecule has 0 radical (unpaired) electrons. The summed E-state index contributed by atoms with van der Waals surface area (Å²) in [4.78, 5) is 2.27. The van der Waals surface area contributed by atoms with Gasteiger partial charge in [-0.15, -0.1) is 0 Å². The summed E-state index contributed by atoms with van der Waals surface area (Å²) < 4.78 is 5.53. The Bertz CT molecular complexity index is 408. The number of ether oxygens (including phenoxy) is 1. The van der Waals surface area contributed by atoms with Crippen molar-refractivity contribution in [2.24, 2.45) is 0 Å². The number of halogens is 2. The van der Waals surface area contributed by atoms with Crippen LogP contribution in [0.2, 0.25) is 10.0 Å². The van der Waals surface area contributed by atoms with Crippen molar-refractivity contribution in [3.8, 4) is 5.75 Å². The molecule has 2 rings (SSSR count). The van der Waals surface area contributed by atoms with Crippen LogP contribution < -0.4 is 4.74 Å². The zero-order valence-corrected chi connectivity index (χ0v) is 12.3. The molecule has 0 amide bonds. The van der Waals surface area contributed by atoms with Crippen molar-refractivity contribution >= 4 is 23.2 Å². The molecule has 1 aromatic rings. The Balaban J connectivity index is 1.79. The van der Waals surface area contributed by atoms with E-state index in [1.807, 2.05) is 0 Å². The smallest absolute Gasteiger partial charge is 0.139 e. The van der Waals surface area contributed by atoms with Gasteiger partial charge in [0.15, 0.2) is 0 Å². The fraction of sp³-hybridized carbons (Fsp3) is 0.571. The summed E-state index contributed by atoms with van der Waals surface area (Å²) in [7, 11) is 0. The summed E-state index contributed by atoms with van der Waals surface area (Å²) in [6, 6.07) is 5.06. The predicted octanol–water partition coefficient (Wildman–Crippen LogP) is 3.22. The van der Waals surface area contributed by atoms with Crippen LogP contribution in [0.25, 0.3) is 0 Å². The molecule has 1 atom stereocenters. The van der Waals surface area contributed by atoms with Crippen molar-refractivity contribution < 1.29 is 9.84 Å². The Kier molecular flexibility index (Phi) is 5.76. The van der Waals surface area contributed by atoms with Crippen molar-refractivity contribution in [1.29, 1.82) is 0 Å². The lowest BCUT2D eigenvalue weighted by Gasteiger charge is -2.28. The van der Waals surface area contributed by atoms with E-state index in [1.165, 1.54) is 19.3 Å². The van der Waals surface area contributed by atoms with Crippen molar-refractivity contribution in [2.45, 2.75) is 25.4 Å². The average molecular weight is 304 g/mol. The molecule has 3 nitrogen and oxygen atoms in total. The van der Waals surface area contributed by atoms with Crippen LogP contribution in [0.3, 0.4) is 0 Å². The first-order chi connectivity index (χ1) is 9.15. The maximum atomic E-state index is 9.98. The summed E-state index contributed by atoms with van der Waals surface area (Å²) in [6.07, 6.45) is 3.22. The van der Waals surface area contributed by atoms with Crippen molar-refractivity contribution in [2.75, 3.05) is 26.2 Å². The minimum Gasteiger partial charge on any atom is -0.489 e. The van der Waals surface area contributed by atoms with E-state index in [-0.39, 0.29) is 6.61 Å². The summed E-state index contributed by atoms with van der Waals surface area (Å²) in [6.45, 7) is 3.01. The molecule has 0 spiro atoms. The highest BCUT2D eigenvalue weighted by Gasteiger charge is 2.15. The molecule has 1 fully saturated rings. The van der Waals surface area contributed by atoms with Crippen LogP contribution in [0.5, 0.6) is 5.75 Å². The van der Waals surface area contributed by atoms with E-state index in [0.717, 1.165) is 13.1 Å². The average Bonchev–Trinajstić information content (AvgIpc) is 2.41. The second-order valence-electron chi connectivity index (χ2n) is 4.90. The van der Waals surface area contributed by atoms with E-state index < -0.39 is 6.10 Å². The molecule has 0 aromatic heterocycles. The van der Waals surface area contributed by atoms with Gasteiger partial charge in [-0.05, 0) is 38.1 Å². The van der Waals surface area contributed by atoms with E-state index in [4.69, 9.17) is 27.9 Å². The van der Waals surface area contributed by atoms with E-state index in [9.17, 15) is 5.11 Å². The van der Waals surface area contributed by atoms with E-state index in [2.05, 4.69) is 4.90 Å². The van der Waals surface area contributed by atoms with Gasteiger partial charge in [0.25, 0.3) is 0 Å². The van der Waals surface area contributed by atoms with Gasteiger partial charge < -0.3 is 14.7 Å². The van der Waals surface area contributed by atoms with Gasteiger partial charge >= 0.3 is 0 Å². The van der Waals surface area contributed by atoms with Gasteiger partial charge in [0.1, 0.15) is 18.5 Å². The number of benzene rings is 1. The van der Waals surface area contributed by atoms with Crippen LogP contribution in [0.4, 0.5) is 0 Å². The molecule has 1 saturated heterocycles. The molecule has 1 aromatic carbocycles. The Hall–Kier alpha value is -0.480. The number of aliphatic hydroxyl groups is 1. The molecular weight excluding hydrogens is 285 g/mol. The topological polar surface area (TPSA) is 32.7 Å². The van der Waals surface area contributed by atoms with Crippen LogP contribution in [-0.2, 0) is 0 Å². The first-order valence-corrected chi connectivity index (χ1v) is 7.39. The SMILES string of the molecule is OC(COc1cc(Cl)ccc1Cl)CN1CCCCC1. The zero-order valence-electron chi connectivity index (χ0n) is 10.8. The predicted molar refractivity (Wildman–Crippen MR) is 78.3 cm³/mol. The molecule has 0 saturated carbocycles. The molecule has 1 aliphatic heterocycles. The molecular formula is C14H19Cl2NO2. The number of piperidine rings is 1. The molecule has 0 bridgehead atoms. The van der Waals surface area contributed by atoms with Crippen LogP contribution in [0, 0.1) is 0 Å². The summed E-state index contributed by atoms with van der Waals surface area (Å²) >= 11 is 11.9. The summed E-state index contributed by atoms with van der Waals surface area (Å²) in [5, 5.41) is 11.1. The van der Waals surface area contributed by atoms with Crippen LogP contribution in [0.15, 0.2) is 18.2 Å². The largest absolute Gasteiger partial charge is 0.489 e. The van der Waals surface area contributed by atoms with Crippen LogP contribution in [0.1, 0.15) is 19.3 Å². The zero-order chi connectivity index (χ0) is 13.7. The van der Waals surface area contributed by atoms with Gasteiger partial charge in [0.2, 0.25) is 0 Å². The van der Waals surface area contributed by atoms with E-state index in [1.54, 1.807) is 18.2 Å². The van der Waals surface area contributed by atoms with Gasteiger partial charge in [0.05, 0.1) is 5.02 Å². The molecule has 0 aliphatic carbocycles. The number of nitrogens with zero attached hydrogens (tertiary/aromatic N) is 1. The second kappa shape index (κ2) is 7.34. The molecule has 1 aliphatic rings. The lowest BCUT2D eigenvalue weighted by atomic mass is 10.1. The third-order valence-electron chi connectivity index (χ3n) is 3.24. The Labute approximate surface area is 124 Å². The van der Waals surface area contributed by atoms with Gasteiger partial charge in [-0.2, -0.15) is 0 Å². The van der Waals surface area contributed by atoms with E-state index >= 15 is 0 Å². The first kappa shape index (κ1) is 14.9. The van der Waals surface area contributed by atoms with Gasteiger partial charge in [-0.1, -0.05) is 29.6 Å². The standard InChI is InChI=1S/C14H19Cl2NO2/c15-11-4-5-13(16)14(8-11)19-10-12(18)9-17-6-2-1-3-7-17/h4-5,8,12,18H,1-3,6-7,9-10H2. The molecule has 5 heteroatoms. The molecule has 106 valence electrons. The number of β-amino-alcohol motifs (C(OH)–C–C–N with tert-alkyl or cyclic N) is 1. The lowest BCUT2D eigenvalue weighted by molar-refractivity contribution is 0.0617. The van der Waals surface area contributed by atoms with Crippen molar-refractivity contribution in [3.63, 3.8) is 0 Å². The van der Waals surface area contributed by atoms with E-state index in [0.29, 0.717) is 22.3 Å². The number of likely N-dealkylation sites (tertiary alicyclic amines) is 1. The minimum absolute atomic E-state index is 0.233. The third kappa shape index (κ3) is 4.84. The van der Waals surface area contributed by atoms with Gasteiger partial charge in [-0.25, -0.2) is 0 Å². The van der Waals surface area contributed by atoms with Crippen LogP contribution in [-0.4, -0.2) is 42.4 Å². The highest BCUT2D eigenvalue weighted by atomic mass is 35.5. The fourth-order valence-corrected chi connectivity index (χ4v) is 2.60. The second-order valence-corrected chi connectivity index (χ2v) is 5.74. The normalized spacial score (nSPS) is 18.3. The molecule has 1 heterocycles. The minimum atomic E-state index is -0.506. The highest BCUT2D eigenvalue weighted by molar-refractivity contribution is 6.34. The number of hydrogen-bond donors (Lipinski definition) is 1. The van der Waals surface area contributed by atoms with Gasteiger partial charge in [-0.3, -0.25) is 0 Å². The maximum Gasteiger partial charge on any atom is 0.139 e. The molecule has 1 unspecified atom stereocenters. The molecule has 1 N–H and O–H groups in total. The monoisotopic (exact) mass is 303 g/mol. The summed E-state index contributed by atoms with van der Waals surface area (Å²) in [5.41, 5.74) is 0. The maximum absolute atomic E-state index is 9.98. The lowest BCUT2D eigenvalue weighted by Crippen LogP contribution is -2.38. The Morgan fingerprint density at radius 3 is 2.68 bits per heavy atom. The van der Waals surface area contributed by atoms with Crippen molar-refractivity contribution in [3.05, 3.63) is 28.2 Å². The summed E-state index contributed by atoms with van der Waals surface area (Å²) in [5.74, 6) is 0.520.